The summed E-state index contributed by atoms with van der Waals surface area (Å²) in [4.78, 5) is 0. The summed E-state index contributed by atoms with van der Waals surface area (Å²) in [7, 11) is 1.72. The Morgan fingerprint density at radius 1 is 0.900 bits per heavy atom. The molecule has 1 rings (SSSR count). The maximum atomic E-state index is 8.06. The molecule has 0 heterocycles. The number of aryl methyl sites for hydroxylation is 2. The highest BCUT2D eigenvalue weighted by molar-refractivity contribution is 7.00. The van der Waals surface area contributed by atoms with E-state index < -0.39 is 0 Å². The first-order valence-corrected chi connectivity index (χ1v) is 3.43. The van der Waals surface area contributed by atoms with E-state index in [1.807, 2.05) is 0 Å². The van der Waals surface area contributed by atoms with Crippen LogP contribution in [0.4, 0.5) is 0 Å². The van der Waals surface area contributed by atoms with Gasteiger partial charge in [-0.2, -0.15) is 0 Å². The zero-order valence-corrected chi connectivity index (χ0v) is 7.22. The van der Waals surface area contributed by atoms with Crippen LogP contribution in [0.3, 0.4) is 0 Å². The molecule has 0 fully saturated rings. The quantitative estimate of drug-likeness (QED) is 0.525. The first-order chi connectivity index (χ1) is 4.79. The van der Waals surface area contributed by atoms with Crippen LogP contribution in [0.15, 0.2) is 24.3 Å². The molecule has 1 aromatic rings. The number of hydrogen-bond acceptors (Lipinski definition) is 1. The van der Waals surface area contributed by atoms with Gasteiger partial charge in [-0.15, -0.1) is 0 Å². The van der Waals surface area contributed by atoms with E-state index in [0.29, 0.717) is 0 Å². The van der Waals surface area contributed by atoms with Crippen molar-refractivity contribution in [3.8, 4) is 0 Å². The predicted molar refractivity (Wildman–Crippen MR) is 44.9 cm³/mol. The summed E-state index contributed by atoms with van der Waals surface area (Å²) in [5.41, 5.74) is 2.66. The van der Waals surface area contributed by atoms with Gasteiger partial charge < -0.3 is 0 Å². The number of benzene rings is 1. The predicted octanol–water partition coefficient (Wildman–Crippen LogP) is 2.78. The molecular weight excluding hydrogens is 143 g/mol. The van der Waals surface area contributed by atoms with Crippen LogP contribution in [-0.2, 0) is 4.57 Å². The SMILES string of the molecule is Cc1ccc(C)cc1.O=P. The van der Waals surface area contributed by atoms with Crippen molar-refractivity contribution in [1.29, 1.82) is 0 Å². The van der Waals surface area contributed by atoms with Crippen molar-refractivity contribution in [2.45, 2.75) is 13.8 Å². The van der Waals surface area contributed by atoms with Crippen LogP contribution < -0.4 is 0 Å². The summed E-state index contributed by atoms with van der Waals surface area (Å²) in [5, 5.41) is 0. The molecule has 0 saturated carbocycles. The second-order valence-electron chi connectivity index (χ2n) is 2.15. The molecule has 0 atom stereocenters. The van der Waals surface area contributed by atoms with Gasteiger partial charge in [0.25, 0.3) is 0 Å². The maximum absolute atomic E-state index is 8.06. The number of hydrogen-bond donors (Lipinski definition) is 0. The highest BCUT2D eigenvalue weighted by Crippen LogP contribution is 1.99. The van der Waals surface area contributed by atoms with Crippen LogP contribution in [-0.4, -0.2) is 0 Å². The minimum Gasteiger partial charge on any atom is -0.279 e. The lowest BCUT2D eigenvalue weighted by Gasteiger charge is -1.90. The van der Waals surface area contributed by atoms with Gasteiger partial charge in [0.1, 0.15) is 9.12 Å². The molecule has 0 unspecified atom stereocenters. The van der Waals surface area contributed by atoms with Crippen LogP contribution in [0.5, 0.6) is 0 Å². The van der Waals surface area contributed by atoms with Gasteiger partial charge in [0.15, 0.2) is 0 Å². The van der Waals surface area contributed by atoms with E-state index in [-0.39, 0.29) is 0 Å². The van der Waals surface area contributed by atoms with Crippen molar-refractivity contribution in [3.05, 3.63) is 35.4 Å². The molecule has 1 aromatic carbocycles. The molecule has 0 spiro atoms. The van der Waals surface area contributed by atoms with Gasteiger partial charge in [0.2, 0.25) is 0 Å². The van der Waals surface area contributed by atoms with E-state index >= 15 is 0 Å². The van der Waals surface area contributed by atoms with Crippen LogP contribution in [0, 0.1) is 13.8 Å². The van der Waals surface area contributed by atoms with Crippen molar-refractivity contribution < 1.29 is 4.57 Å². The zero-order valence-electron chi connectivity index (χ0n) is 6.22. The van der Waals surface area contributed by atoms with Crippen molar-refractivity contribution in [3.63, 3.8) is 0 Å². The molecule has 0 N–H and O–H groups in total. The van der Waals surface area contributed by atoms with E-state index in [0.717, 1.165) is 0 Å². The zero-order chi connectivity index (χ0) is 7.98. The molecule has 0 aliphatic carbocycles. The largest absolute Gasteiger partial charge is 0.279 e. The highest BCUT2D eigenvalue weighted by Gasteiger charge is 1.79. The van der Waals surface area contributed by atoms with E-state index in [1.54, 1.807) is 9.12 Å². The number of rotatable bonds is 0. The molecule has 0 saturated heterocycles. The second kappa shape index (κ2) is 5.13. The summed E-state index contributed by atoms with van der Waals surface area (Å²) in [6.07, 6.45) is 0. The van der Waals surface area contributed by atoms with E-state index in [4.69, 9.17) is 4.57 Å². The Hall–Kier alpha value is -0.680. The Bertz CT molecular complexity index is 160. The smallest absolute Gasteiger partial charge is 0.138 e. The van der Waals surface area contributed by atoms with Gasteiger partial charge in [-0.1, -0.05) is 35.4 Å². The third-order valence-electron chi connectivity index (χ3n) is 1.22. The van der Waals surface area contributed by atoms with E-state index in [2.05, 4.69) is 38.1 Å². The molecule has 0 radical (unpaired) electrons. The average molecular weight is 154 g/mol. The van der Waals surface area contributed by atoms with Crippen LogP contribution >= 0.6 is 9.12 Å². The van der Waals surface area contributed by atoms with Crippen molar-refractivity contribution in [2.24, 2.45) is 0 Å². The fourth-order valence-corrected chi connectivity index (χ4v) is 0.637. The molecule has 10 heavy (non-hydrogen) atoms. The molecule has 54 valence electrons. The molecule has 0 aliphatic rings. The first kappa shape index (κ1) is 9.32. The van der Waals surface area contributed by atoms with Gasteiger partial charge in [0, 0.05) is 0 Å². The van der Waals surface area contributed by atoms with E-state index in [1.165, 1.54) is 11.1 Å². The lowest BCUT2D eigenvalue weighted by atomic mass is 10.2. The van der Waals surface area contributed by atoms with Gasteiger partial charge in [-0.25, -0.2) is 0 Å². The summed E-state index contributed by atoms with van der Waals surface area (Å²) in [6.45, 7) is 4.19. The van der Waals surface area contributed by atoms with Crippen molar-refractivity contribution >= 4 is 9.12 Å². The topological polar surface area (TPSA) is 17.1 Å². The van der Waals surface area contributed by atoms with Crippen LogP contribution in [0.2, 0.25) is 0 Å². The van der Waals surface area contributed by atoms with Crippen molar-refractivity contribution in [2.75, 3.05) is 0 Å². The third kappa shape index (κ3) is 3.37. The Morgan fingerprint density at radius 2 is 1.10 bits per heavy atom. The maximum Gasteiger partial charge on any atom is 0.138 e. The second-order valence-corrected chi connectivity index (χ2v) is 2.15. The molecule has 0 aliphatic heterocycles. The monoisotopic (exact) mass is 154 g/mol. The molecular formula is C8H11OP. The highest BCUT2D eigenvalue weighted by atomic mass is 31.0. The van der Waals surface area contributed by atoms with Gasteiger partial charge in [-0.05, 0) is 13.8 Å². The third-order valence-corrected chi connectivity index (χ3v) is 1.22. The summed E-state index contributed by atoms with van der Waals surface area (Å²) in [5.74, 6) is 0. The van der Waals surface area contributed by atoms with Crippen LogP contribution in [0.25, 0.3) is 0 Å². The minimum atomic E-state index is 1.33. The Labute approximate surface area is 63.7 Å². The standard InChI is InChI=1S/C8H10.HOP/c1-7-3-5-8(2)6-4-7;1-2/h3-6H,1-2H3;2H. The fourth-order valence-electron chi connectivity index (χ4n) is 0.637. The summed E-state index contributed by atoms with van der Waals surface area (Å²) < 4.78 is 8.06. The minimum absolute atomic E-state index is 1.33. The van der Waals surface area contributed by atoms with E-state index in [9.17, 15) is 0 Å². The molecule has 1 nitrogen and oxygen atoms in total. The average Bonchev–Trinajstić information content (AvgIpc) is 2.00. The summed E-state index contributed by atoms with van der Waals surface area (Å²) >= 11 is 0. The normalized spacial score (nSPS) is 7.80. The first-order valence-electron chi connectivity index (χ1n) is 3.03. The fraction of sp³-hybridized carbons (Fsp3) is 0.250. The lowest BCUT2D eigenvalue weighted by Crippen LogP contribution is -1.70. The van der Waals surface area contributed by atoms with Gasteiger partial charge in [-0.3, -0.25) is 4.57 Å². The Kier molecular flexibility index (Phi) is 4.78. The Morgan fingerprint density at radius 3 is 1.30 bits per heavy atom. The van der Waals surface area contributed by atoms with Crippen LogP contribution in [0.1, 0.15) is 11.1 Å². The molecule has 0 aromatic heterocycles. The van der Waals surface area contributed by atoms with Crippen molar-refractivity contribution in [1.82, 2.24) is 0 Å². The lowest BCUT2D eigenvalue weighted by molar-refractivity contribution is 0.607. The Balaban J connectivity index is 0.000000371. The molecule has 2 heteroatoms. The summed E-state index contributed by atoms with van der Waals surface area (Å²) in [6, 6.07) is 8.48. The van der Waals surface area contributed by atoms with Gasteiger partial charge >= 0.3 is 0 Å². The van der Waals surface area contributed by atoms with Gasteiger partial charge in [0.05, 0.1) is 0 Å². The molecule has 0 bridgehead atoms. The molecule has 0 amide bonds.